The van der Waals surface area contributed by atoms with Crippen LogP contribution in [0.3, 0.4) is 0 Å². The lowest BCUT2D eigenvalue weighted by Gasteiger charge is -2.21. The number of benzene rings is 2. The number of hydrogen-bond donors (Lipinski definition) is 1. The van der Waals surface area contributed by atoms with E-state index in [-0.39, 0.29) is 18.0 Å². The molecular formula is C21H24N4O2. The van der Waals surface area contributed by atoms with Gasteiger partial charge in [-0.25, -0.2) is 4.98 Å². The predicted molar refractivity (Wildman–Crippen MR) is 109 cm³/mol. The van der Waals surface area contributed by atoms with Crippen molar-refractivity contribution in [1.29, 1.82) is 0 Å². The van der Waals surface area contributed by atoms with Crippen LogP contribution in [0, 0.1) is 6.92 Å². The Balaban J connectivity index is 1.74. The van der Waals surface area contributed by atoms with Crippen molar-refractivity contribution in [2.24, 2.45) is 0 Å². The number of fused-ring (bicyclic) bond motifs is 1. The van der Waals surface area contributed by atoms with E-state index in [0.717, 1.165) is 24.3 Å². The number of rotatable bonds is 6. The summed E-state index contributed by atoms with van der Waals surface area (Å²) in [4.78, 5) is 31.5. The van der Waals surface area contributed by atoms with Gasteiger partial charge in [0.15, 0.2) is 0 Å². The number of carbonyl (C=O) groups is 1. The van der Waals surface area contributed by atoms with Gasteiger partial charge in [-0.2, -0.15) is 0 Å². The Hall–Kier alpha value is -3.15. The van der Waals surface area contributed by atoms with E-state index in [1.807, 2.05) is 43.3 Å². The Kier molecular flexibility index (Phi) is 5.54. The first-order valence-corrected chi connectivity index (χ1v) is 9.13. The fraction of sp³-hybridized carbons (Fsp3) is 0.286. The summed E-state index contributed by atoms with van der Waals surface area (Å²) in [7, 11) is 0. The molecule has 0 fully saturated rings. The second-order valence-electron chi connectivity index (χ2n) is 6.42. The Morgan fingerprint density at radius 3 is 2.48 bits per heavy atom. The summed E-state index contributed by atoms with van der Waals surface area (Å²) in [6.07, 6.45) is 1.43. The number of amides is 1. The highest BCUT2D eigenvalue weighted by Gasteiger charge is 2.10. The van der Waals surface area contributed by atoms with Gasteiger partial charge in [-0.05, 0) is 56.7 Å². The number of carbonyl (C=O) groups excluding carboxylic acids is 1. The van der Waals surface area contributed by atoms with E-state index in [9.17, 15) is 9.59 Å². The molecule has 0 unspecified atom stereocenters. The molecule has 140 valence electrons. The standard InChI is InChI=1S/C21H24N4O2/c1-4-24(5-2)17-11-9-16(10-12-17)23-19(26)13-25-14-22-20-15(3)7-6-8-18(20)21(25)27/h6-12,14H,4-5,13H2,1-3H3,(H,23,26). The normalized spacial score (nSPS) is 10.8. The van der Waals surface area contributed by atoms with Crippen molar-refractivity contribution in [1.82, 2.24) is 9.55 Å². The summed E-state index contributed by atoms with van der Waals surface area (Å²) >= 11 is 0. The van der Waals surface area contributed by atoms with Crippen molar-refractivity contribution in [3.05, 3.63) is 64.7 Å². The average Bonchev–Trinajstić information content (AvgIpc) is 2.67. The molecule has 6 nitrogen and oxygen atoms in total. The number of hydrogen-bond acceptors (Lipinski definition) is 4. The Morgan fingerprint density at radius 1 is 1.11 bits per heavy atom. The lowest BCUT2D eigenvalue weighted by Crippen LogP contribution is -2.28. The van der Waals surface area contributed by atoms with Gasteiger partial charge in [0, 0.05) is 24.5 Å². The molecule has 3 aromatic rings. The fourth-order valence-corrected chi connectivity index (χ4v) is 3.15. The molecule has 2 aromatic carbocycles. The summed E-state index contributed by atoms with van der Waals surface area (Å²) in [6.45, 7) is 7.91. The molecule has 1 heterocycles. The topological polar surface area (TPSA) is 67.2 Å². The molecule has 0 aliphatic carbocycles. The van der Waals surface area contributed by atoms with Crippen molar-refractivity contribution in [3.63, 3.8) is 0 Å². The summed E-state index contributed by atoms with van der Waals surface area (Å²) < 4.78 is 1.33. The van der Waals surface area contributed by atoms with Crippen LogP contribution >= 0.6 is 0 Å². The van der Waals surface area contributed by atoms with Crippen LogP contribution in [-0.2, 0) is 11.3 Å². The Morgan fingerprint density at radius 2 is 1.81 bits per heavy atom. The van der Waals surface area contributed by atoms with Crippen LogP contribution in [0.2, 0.25) is 0 Å². The minimum Gasteiger partial charge on any atom is -0.372 e. The molecule has 0 aliphatic rings. The first-order chi connectivity index (χ1) is 13.0. The average molecular weight is 364 g/mol. The van der Waals surface area contributed by atoms with Gasteiger partial charge < -0.3 is 10.2 Å². The maximum atomic E-state index is 12.6. The lowest BCUT2D eigenvalue weighted by atomic mass is 10.1. The molecule has 27 heavy (non-hydrogen) atoms. The van der Waals surface area contributed by atoms with Gasteiger partial charge in [0.2, 0.25) is 5.91 Å². The van der Waals surface area contributed by atoms with Crippen LogP contribution in [0.15, 0.2) is 53.6 Å². The van der Waals surface area contributed by atoms with Crippen molar-refractivity contribution in [2.75, 3.05) is 23.3 Å². The van der Waals surface area contributed by atoms with E-state index in [2.05, 4.69) is 29.0 Å². The Labute approximate surface area is 158 Å². The van der Waals surface area contributed by atoms with Crippen molar-refractivity contribution in [3.8, 4) is 0 Å². The smallest absolute Gasteiger partial charge is 0.261 e. The number of nitrogens with zero attached hydrogens (tertiary/aromatic N) is 3. The first-order valence-electron chi connectivity index (χ1n) is 9.13. The summed E-state index contributed by atoms with van der Waals surface area (Å²) in [5, 5.41) is 3.36. The van der Waals surface area contributed by atoms with Gasteiger partial charge in [0.1, 0.15) is 6.54 Å². The third kappa shape index (κ3) is 4.00. The first kappa shape index (κ1) is 18.6. The molecule has 1 N–H and O–H groups in total. The van der Waals surface area contributed by atoms with Gasteiger partial charge >= 0.3 is 0 Å². The molecule has 0 saturated heterocycles. The maximum absolute atomic E-state index is 12.6. The van der Waals surface area contributed by atoms with Gasteiger partial charge in [0.05, 0.1) is 17.2 Å². The molecular weight excluding hydrogens is 340 g/mol. The minimum absolute atomic E-state index is 0.0759. The number of nitrogens with one attached hydrogen (secondary N) is 1. The van der Waals surface area contributed by atoms with Crippen molar-refractivity contribution < 1.29 is 4.79 Å². The van der Waals surface area contributed by atoms with Crippen LogP contribution < -0.4 is 15.8 Å². The monoisotopic (exact) mass is 364 g/mol. The number of para-hydroxylation sites is 1. The molecule has 1 amide bonds. The quantitative estimate of drug-likeness (QED) is 0.729. The fourth-order valence-electron chi connectivity index (χ4n) is 3.15. The summed E-state index contributed by atoms with van der Waals surface area (Å²) in [5.41, 5.74) is 3.22. The minimum atomic E-state index is -0.263. The zero-order valence-electron chi connectivity index (χ0n) is 15.9. The second kappa shape index (κ2) is 8.03. The second-order valence-corrected chi connectivity index (χ2v) is 6.42. The van der Waals surface area contributed by atoms with E-state index in [1.165, 1.54) is 10.9 Å². The zero-order chi connectivity index (χ0) is 19.4. The molecule has 3 rings (SSSR count). The number of anilines is 2. The van der Waals surface area contributed by atoms with Crippen LogP contribution in [0.25, 0.3) is 10.9 Å². The van der Waals surface area contributed by atoms with Gasteiger partial charge in [0.25, 0.3) is 5.56 Å². The van der Waals surface area contributed by atoms with E-state index in [4.69, 9.17) is 0 Å². The van der Waals surface area contributed by atoms with Crippen LogP contribution in [0.5, 0.6) is 0 Å². The molecule has 1 aromatic heterocycles. The van der Waals surface area contributed by atoms with Gasteiger partial charge in [-0.15, -0.1) is 0 Å². The van der Waals surface area contributed by atoms with Crippen LogP contribution in [-0.4, -0.2) is 28.5 Å². The molecule has 0 saturated carbocycles. The molecule has 0 spiro atoms. The van der Waals surface area contributed by atoms with E-state index in [1.54, 1.807) is 6.07 Å². The highest BCUT2D eigenvalue weighted by atomic mass is 16.2. The van der Waals surface area contributed by atoms with E-state index in [0.29, 0.717) is 16.6 Å². The highest BCUT2D eigenvalue weighted by Crippen LogP contribution is 2.17. The van der Waals surface area contributed by atoms with Crippen LogP contribution in [0.4, 0.5) is 11.4 Å². The predicted octanol–water partition coefficient (Wildman–Crippen LogP) is 3.19. The number of aryl methyl sites for hydroxylation is 1. The summed E-state index contributed by atoms with van der Waals surface area (Å²) in [5.74, 6) is -0.263. The van der Waals surface area contributed by atoms with E-state index < -0.39 is 0 Å². The molecule has 0 radical (unpaired) electrons. The SMILES string of the molecule is CCN(CC)c1ccc(NC(=O)Cn2cnc3c(C)cccc3c2=O)cc1. The van der Waals surface area contributed by atoms with Crippen molar-refractivity contribution in [2.45, 2.75) is 27.3 Å². The third-order valence-corrected chi connectivity index (χ3v) is 4.65. The zero-order valence-corrected chi connectivity index (χ0v) is 15.9. The lowest BCUT2D eigenvalue weighted by molar-refractivity contribution is -0.116. The molecule has 0 atom stereocenters. The highest BCUT2D eigenvalue weighted by molar-refractivity contribution is 5.91. The van der Waals surface area contributed by atoms with E-state index >= 15 is 0 Å². The Bertz CT molecular complexity index is 1000. The summed E-state index contributed by atoms with van der Waals surface area (Å²) in [6, 6.07) is 13.2. The largest absolute Gasteiger partial charge is 0.372 e. The maximum Gasteiger partial charge on any atom is 0.261 e. The van der Waals surface area contributed by atoms with Gasteiger partial charge in [-0.3, -0.25) is 14.2 Å². The molecule has 6 heteroatoms. The number of aromatic nitrogens is 2. The van der Waals surface area contributed by atoms with Crippen molar-refractivity contribution >= 4 is 28.2 Å². The molecule has 0 bridgehead atoms. The van der Waals surface area contributed by atoms with Gasteiger partial charge in [-0.1, -0.05) is 12.1 Å². The van der Waals surface area contributed by atoms with Crippen LogP contribution in [0.1, 0.15) is 19.4 Å². The molecule has 0 aliphatic heterocycles. The third-order valence-electron chi connectivity index (χ3n) is 4.65.